The molecule has 0 aliphatic rings. The van der Waals surface area contributed by atoms with E-state index in [1.165, 1.54) is 0 Å². The van der Waals surface area contributed by atoms with Gasteiger partial charge >= 0.3 is 0 Å². The molecule has 0 aliphatic heterocycles. The minimum Gasteiger partial charge on any atom is -0.388 e. The van der Waals surface area contributed by atoms with Crippen LogP contribution in [0.3, 0.4) is 0 Å². The van der Waals surface area contributed by atoms with Crippen LogP contribution in [0.5, 0.6) is 0 Å². The lowest BCUT2D eigenvalue weighted by Crippen LogP contribution is -2.40. The summed E-state index contributed by atoms with van der Waals surface area (Å²) in [5, 5.41) is 17.6. The summed E-state index contributed by atoms with van der Waals surface area (Å²) < 4.78 is 1.91. The van der Waals surface area contributed by atoms with Crippen LogP contribution in [0.1, 0.15) is 32.4 Å². The van der Waals surface area contributed by atoms with Crippen LogP contribution >= 0.6 is 11.8 Å². The zero-order chi connectivity index (χ0) is 12.9. The topological polar surface area (TPSA) is 50.1 Å². The van der Waals surface area contributed by atoms with Crippen molar-refractivity contribution in [1.29, 1.82) is 0 Å². The smallest absolute Gasteiger partial charge is 0.0833 e. The summed E-state index contributed by atoms with van der Waals surface area (Å²) in [6.45, 7) is 7.49. The lowest BCUT2D eigenvalue weighted by atomic mass is 10.1. The fraction of sp³-hybridized carbons (Fsp3) is 0.750. The van der Waals surface area contributed by atoms with Crippen LogP contribution in [0, 0.1) is 0 Å². The molecule has 0 fully saturated rings. The summed E-state index contributed by atoms with van der Waals surface area (Å²) in [7, 11) is 0. The van der Waals surface area contributed by atoms with E-state index < -0.39 is 5.60 Å². The maximum Gasteiger partial charge on any atom is 0.0833 e. The van der Waals surface area contributed by atoms with Gasteiger partial charge in [-0.25, -0.2) is 0 Å². The van der Waals surface area contributed by atoms with Crippen molar-refractivity contribution >= 4 is 11.8 Å². The van der Waals surface area contributed by atoms with Gasteiger partial charge in [0.05, 0.1) is 11.8 Å². The Hall–Kier alpha value is -0.520. The van der Waals surface area contributed by atoms with Gasteiger partial charge in [0.1, 0.15) is 0 Å². The Kier molecular flexibility index (Phi) is 5.49. The van der Waals surface area contributed by atoms with E-state index in [1.807, 2.05) is 30.3 Å². The summed E-state index contributed by atoms with van der Waals surface area (Å²) in [6, 6.07) is 0.212. The second-order valence-corrected chi connectivity index (χ2v) is 5.53. The third-order valence-corrected chi connectivity index (χ3v) is 3.63. The minimum atomic E-state index is -0.658. The van der Waals surface area contributed by atoms with Crippen LogP contribution in [0.15, 0.2) is 12.4 Å². The van der Waals surface area contributed by atoms with E-state index in [1.54, 1.807) is 11.8 Å². The van der Waals surface area contributed by atoms with Crippen molar-refractivity contribution in [3.8, 4) is 0 Å². The Labute approximate surface area is 108 Å². The van der Waals surface area contributed by atoms with Crippen molar-refractivity contribution in [2.75, 3.05) is 18.6 Å². The van der Waals surface area contributed by atoms with Crippen molar-refractivity contribution < 1.29 is 5.11 Å². The molecule has 1 heterocycles. The highest BCUT2D eigenvalue weighted by molar-refractivity contribution is 7.98. The molecule has 0 spiro atoms. The first-order valence-corrected chi connectivity index (χ1v) is 7.35. The maximum absolute atomic E-state index is 10.1. The summed E-state index contributed by atoms with van der Waals surface area (Å²) in [4.78, 5) is 0. The first-order valence-electron chi connectivity index (χ1n) is 5.95. The summed E-state index contributed by atoms with van der Waals surface area (Å²) in [5.74, 6) is 0.737. The quantitative estimate of drug-likeness (QED) is 0.780. The molecule has 5 heteroatoms. The van der Waals surface area contributed by atoms with Gasteiger partial charge in [0.2, 0.25) is 0 Å². The Balaban J connectivity index is 2.46. The molecule has 0 aliphatic carbocycles. The number of nitrogens with one attached hydrogen (secondary N) is 1. The predicted octanol–water partition coefficient (Wildman–Crippen LogP) is 1.67. The van der Waals surface area contributed by atoms with Crippen molar-refractivity contribution in [3.05, 3.63) is 18.0 Å². The van der Waals surface area contributed by atoms with Crippen LogP contribution in [0.25, 0.3) is 0 Å². The van der Waals surface area contributed by atoms with Gasteiger partial charge in [-0.2, -0.15) is 16.9 Å². The first-order chi connectivity index (χ1) is 7.98. The van der Waals surface area contributed by atoms with Crippen molar-refractivity contribution in [2.24, 2.45) is 0 Å². The van der Waals surface area contributed by atoms with Gasteiger partial charge in [-0.3, -0.25) is 4.68 Å². The van der Waals surface area contributed by atoms with Crippen LogP contribution in [-0.2, 0) is 6.54 Å². The number of thioether (sulfide) groups is 1. The van der Waals surface area contributed by atoms with E-state index in [9.17, 15) is 5.11 Å². The molecule has 0 saturated carbocycles. The summed E-state index contributed by atoms with van der Waals surface area (Å²) in [5.41, 5.74) is 0.501. The second kappa shape index (κ2) is 6.42. The lowest BCUT2D eigenvalue weighted by molar-refractivity contribution is 0.0821. The molecule has 0 saturated heterocycles. The highest BCUT2D eigenvalue weighted by atomic mass is 32.2. The number of aliphatic hydroxyl groups is 1. The van der Waals surface area contributed by atoms with Gasteiger partial charge in [0.25, 0.3) is 0 Å². The minimum absolute atomic E-state index is 0.212. The molecule has 0 aromatic carbocycles. The number of aryl methyl sites for hydroxylation is 1. The molecule has 2 atom stereocenters. The fourth-order valence-corrected chi connectivity index (χ4v) is 2.35. The number of hydrogen-bond donors (Lipinski definition) is 2. The van der Waals surface area contributed by atoms with Crippen molar-refractivity contribution in [1.82, 2.24) is 15.1 Å². The molecular formula is C12H23N3OS. The number of aromatic nitrogens is 2. The first kappa shape index (κ1) is 14.5. The summed E-state index contributed by atoms with van der Waals surface area (Å²) >= 11 is 1.66. The average molecular weight is 257 g/mol. The molecule has 1 aromatic heterocycles. The lowest BCUT2D eigenvalue weighted by Gasteiger charge is -2.24. The number of nitrogens with zero attached hydrogens (tertiary/aromatic N) is 2. The second-order valence-electron chi connectivity index (χ2n) is 4.66. The molecule has 0 radical (unpaired) electrons. The SMILES string of the molecule is CCn1cc(C(C)NCC(C)(O)CSC)cn1. The monoisotopic (exact) mass is 257 g/mol. The molecule has 98 valence electrons. The van der Waals surface area contributed by atoms with E-state index >= 15 is 0 Å². The molecule has 1 rings (SSSR count). The molecule has 0 bridgehead atoms. The average Bonchev–Trinajstić information content (AvgIpc) is 2.74. The third kappa shape index (κ3) is 4.69. The van der Waals surface area contributed by atoms with Gasteiger partial charge in [-0.15, -0.1) is 0 Å². The van der Waals surface area contributed by atoms with Crippen LogP contribution in [0.2, 0.25) is 0 Å². The third-order valence-electron chi connectivity index (χ3n) is 2.72. The van der Waals surface area contributed by atoms with Crippen LogP contribution in [0.4, 0.5) is 0 Å². The zero-order valence-electron chi connectivity index (χ0n) is 11.1. The van der Waals surface area contributed by atoms with Crippen molar-refractivity contribution in [2.45, 2.75) is 39.0 Å². The van der Waals surface area contributed by atoms with E-state index in [0.29, 0.717) is 6.54 Å². The standard InChI is InChI=1S/C12H23N3OS/c1-5-15-7-11(6-14-15)10(2)13-8-12(3,16)9-17-4/h6-7,10,13,16H,5,8-9H2,1-4H3. The Morgan fingerprint density at radius 2 is 2.35 bits per heavy atom. The van der Waals surface area contributed by atoms with E-state index in [0.717, 1.165) is 17.9 Å². The molecule has 4 nitrogen and oxygen atoms in total. The Morgan fingerprint density at radius 1 is 1.65 bits per heavy atom. The van der Waals surface area contributed by atoms with E-state index in [4.69, 9.17) is 0 Å². The number of hydrogen-bond acceptors (Lipinski definition) is 4. The van der Waals surface area contributed by atoms with Gasteiger partial charge in [0.15, 0.2) is 0 Å². The van der Waals surface area contributed by atoms with Crippen molar-refractivity contribution in [3.63, 3.8) is 0 Å². The van der Waals surface area contributed by atoms with Gasteiger partial charge in [0, 0.05) is 36.6 Å². The predicted molar refractivity (Wildman–Crippen MR) is 73.3 cm³/mol. The molecular weight excluding hydrogens is 234 g/mol. The fourth-order valence-electron chi connectivity index (χ4n) is 1.63. The summed E-state index contributed by atoms with van der Waals surface area (Å²) in [6.07, 6.45) is 5.93. The van der Waals surface area contributed by atoms with Gasteiger partial charge < -0.3 is 10.4 Å². The van der Waals surface area contributed by atoms with Crippen LogP contribution in [-0.4, -0.2) is 39.0 Å². The van der Waals surface area contributed by atoms with E-state index in [-0.39, 0.29) is 6.04 Å². The molecule has 0 amide bonds. The Morgan fingerprint density at radius 3 is 2.88 bits per heavy atom. The largest absolute Gasteiger partial charge is 0.388 e. The maximum atomic E-state index is 10.1. The van der Waals surface area contributed by atoms with Gasteiger partial charge in [-0.1, -0.05) is 0 Å². The van der Waals surface area contributed by atoms with Crippen LogP contribution < -0.4 is 5.32 Å². The number of rotatable bonds is 7. The Bertz CT molecular complexity index is 338. The molecule has 1 aromatic rings. The van der Waals surface area contributed by atoms with E-state index in [2.05, 4.69) is 24.3 Å². The van der Waals surface area contributed by atoms with Gasteiger partial charge in [-0.05, 0) is 27.0 Å². The molecule has 17 heavy (non-hydrogen) atoms. The molecule has 2 unspecified atom stereocenters. The zero-order valence-corrected chi connectivity index (χ0v) is 11.9. The highest BCUT2D eigenvalue weighted by Crippen LogP contribution is 2.14. The normalized spacial score (nSPS) is 16.8. The highest BCUT2D eigenvalue weighted by Gasteiger charge is 2.20. The molecule has 2 N–H and O–H groups in total.